The van der Waals surface area contributed by atoms with Gasteiger partial charge in [0, 0.05) is 23.4 Å². The molecule has 142 valence electrons. The van der Waals surface area contributed by atoms with Gasteiger partial charge in [-0.05, 0) is 55.4 Å². The summed E-state index contributed by atoms with van der Waals surface area (Å²) in [6.45, 7) is 3.94. The summed E-state index contributed by atoms with van der Waals surface area (Å²) in [5.74, 6) is -0.117. The van der Waals surface area contributed by atoms with E-state index in [9.17, 15) is 14.9 Å². The molecular formula is C20H17N3O4S. The zero-order valence-corrected chi connectivity index (χ0v) is 16.0. The molecule has 0 aliphatic heterocycles. The van der Waals surface area contributed by atoms with Crippen LogP contribution in [-0.4, -0.2) is 15.9 Å². The molecule has 1 heterocycles. The third kappa shape index (κ3) is 4.24. The number of hydrogen-bond acceptors (Lipinski definition) is 5. The van der Waals surface area contributed by atoms with Gasteiger partial charge in [0.15, 0.2) is 10.9 Å². The first-order valence-electron chi connectivity index (χ1n) is 8.38. The minimum absolute atomic E-state index is 0.0478. The van der Waals surface area contributed by atoms with Crippen LogP contribution < -0.4 is 10.6 Å². The van der Waals surface area contributed by atoms with Crippen LogP contribution in [0.25, 0.3) is 11.3 Å². The number of amides is 1. The highest BCUT2D eigenvalue weighted by Gasteiger charge is 2.15. The molecule has 0 spiro atoms. The molecule has 2 N–H and O–H groups in total. The Balaban J connectivity index is 1.70. The number of carbonyl (C=O) groups is 1. The largest absolute Gasteiger partial charge is 0.451 e. The molecule has 0 aliphatic rings. The Bertz CT molecular complexity index is 1070. The Morgan fingerprint density at radius 3 is 2.61 bits per heavy atom. The predicted molar refractivity (Wildman–Crippen MR) is 110 cm³/mol. The van der Waals surface area contributed by atoms with Crippen molar-refractivity contribution in [1.29, 1.82) is 0 Å². The molecule has 0 saturated heterocycles. The normalized spacial score (nSPS) is 10.4. The molecule has 7 nitrogen and oxygen atoms in total. The van der Waals surface area contributed by atoms with Gasteiger partial charge in [-0.3, -0.25) is 20.2 Å². The third-order valence-corrected chi connectivity index (χ3v) is 4.46. The predicted octanol–water partition coefficient (Wildman–Crippen LogP) is 4.60. The minimum Gasteiger partial charge on any atom is -0.451 e. The van der Waals surface area contributed by atoms with E-state index in [1.807, 2.05) is 32.0 Å². The van der Waals surface area contributed by atoms with E-state index in [0.717, 1.165) is 16.8 Å². The van der Waals surface area contributed by atoms with E-state index in [1.54, 1.807) is 18.2 Å². The van der Waals surface area contributed by atoms with Crippen molar-refractivity contribution in [2.24, 2.45) is 0 Å². The standard InChI is InChI=1S/C20H17N3O4S/c1-12-5-3-8-16(13(12)2)21-20(28)22-19(24)18-10-9-17(27-18)14-6-4-7-15(11-14)23(25)26/h3-11H,1-2H3,(H2,21,22,24,28). The smallest absolute Gasteiger partial charge is 0.293 e. The summed E-state index contributed by atoms with van der Waals surface area (Å²) in [6.07, 6.45) is 0. The highest BCUT2D eigenvalue weighted by molar-refractivity contribution is 7.80. The van der Waals surface area contributed by atoms with E-state index in [-0.39, 0.29) is 16.6 Å². The van der Waals surface area contributed by atoms with Gasteiger partial charge in [-0.2, -0.15) is 0 Å². The lowest BCUT2D eigenvalue weighted by Gasteiger charge is -2.12. The number of carbonyl (C=O) groups excluding carboxylic acids is 1. The van der Waals surface area contributed by atoms with E-state index in [4.69, 9.17) is 16.6 Å². The summed E-state index contributed by atoms with van der Waals surface area (Å²) in [6, 6.07) is 14.8. The monoisotopic (exact) mass is 395 g/mol. The average Bonchev–Trinajstić information content (AvgIpc) is 3.16. The zero-order chi connectivity index (χ0) is 20.3. The molecule has 3 rings (SSSR count). The fourth-order valence-electron chi connectivity index (χ4n) is 2.59. The maximum Gasteiger partial charge on any atom is 0.293 e. The van der Waals surface area contributed by atoms with Crippen molar-refractivity contribution in [2.75, 3.05) is 5.32 Å². The second-order valence-corrected chi connectivity index (χ2v) is 6.54. The number of non-ortho nitro benzene ring substituents is 1. The minimum atomic E-state index is -0.514. The Morgan fingerprint density at radius 1 is 1.11 bits per heavy atom. The fourth-order valence-corrected chi connectivity index (χ4v) is 2.80. The summed E-state index contributed by atoms with van der Waals surface area (Å²) in [4.78, 5) is 22.8. The SMILES string of the molecule is Cc1cccc(NC(=S)NC(=O)c2ccc(-c3cccc([N+](=O)[O-])c3)o2)c1C. The van der Waals surface area contributed by atoms with E-state index < -0.39 is 10.8 Å². The Hall–Kier alpha value is -3.52. The highest BCUT2D eigenvalue weighted by atomic mass is 32.1. The number of nitro groups is 1. The first-order chi connectivity index (χ1) is 13.3. The number of nitrogens with one attached hydrogen (secondary N) is 2. The number of nitrogens with zero attached hydrogens (tertiary/aromatic N) is 1. The molecule has 0 fully saturated rings. The van der Waals surface area contributed by atoms with Crippen molar-refractivity contribution in [1.82, 2.24) is 5.32 Å². The number of rotatable bonds is 4. The van der Waals surface area contributed by atoms with Crippen molar-refractivity contribution in [2.45, 2.75) is 13.8 Å². The molecule has 2 aromatic carbocycles. The summed E-state index contributed by atoms with van der Waals surface area (Å²) < 4.78 is 5.54. The van der Waals surface area contributed by atoms with Crippen molar-refractivity contribution < 1.29 is 14.1 Å². The van der Waals surface area contributed by atoms with Crippen LogP contribution in [0.15, 0.2) is 59.0 Å². The summed E-state index contributed by atoms with van der Waals surface area (Å²) >= 11 is 5.20. The Labute approximate surface area is 166 Å². The molecule has 0 atom stereocenters. The number of nitro benzene ring substituents is 1. The molecule has 3 aromatic rings. The van der Waals surface area contributed by atoms with Gasteiger partial charge >= 0.3 is 0 Å². The molecule has 0 unspecified atom stereocenters. The van der Waals surface area contributed by atoms with Gasteiger partial charge in [-0.1, -0.05) is 24.3 Å². The van der Waals surface area contributed by atoms with Gasteiger partial charge in [0.1, 0.15) is 5.76 Å². The number of furan rings is 1. The van der Waals surface area contributed by atoms with Gasteiger partial charge in [-0.15, -0.1) is 0 Å². The summed E-state index contributed by atoms with van der Waals surface area (Å²) in [7, 11) is 0. The molecule has 1 aromatic heterocycles. The number of hydrogen-bond donors (Lipinski definition) is 2. The second kappa shape index (κ2) is 8.01. The Kier molecular flexibility index (Phi) is 5.51. The topological polar surface area (TPSA) is 97.4 Å². The van der Waals surface area contributed by atoms with Crippen LogP contribution in [0.5, 0.6) is 0 Å². The van der Waals surface area contributed by atoms with Crippen LogP contribution in [-0.2, 0) is 0 Å². The highest BCUT2D eigenvalue weighted by Crippen LogP contribution is 2.25. The van der Waals surface area contributed by atoms with Gasteiger partial charge in [0.2, 0.25) is 0 Å². The van der Waals surface area contributed by atoms with Crippen LogP contribution in [0.2, 0.25) is 0 Å². The van der Waals surface area contributed by atoms with E-state index >= 15 is 0 Å². The number of thiocarbonyl (C=S) groups is 1. The third-order valence-electron chi connectivity index (χ3n) is 4.25. The lowest BCUT2D eigenvalue weighted by molar-refractivity contribution is -0.384. The molecular weight excluding hydrogens is 378 g/mol. The number of anilines is 1. The zero-order valence-electron chi connectivity index (χ0n) is 15.2. The Morgan fingerprint density at radius 2 is 1.86 bits per heavy atom. The number of aryl methyl sites for hydroxylation is 1. The maximum atomic E-state index is 12.4. The van der Waals surface area contributed by atoms with Crippen molar-refractivity contribution in [3.8, 4) is 11.3 Å². The van der Waals surface area contributed by atoms with Crippen LogP contribution in [0.3, 0.4) is 0 Å². The van der Waals surface area contributed by atoms with Gasteiger partial charge < -0.3 is 9.73 Å². The van der Waals surface area contributed by atoms with Crippen LogP contribution >= 0.6 is 12.2 Å². The molecule has 0 bridgehead atoms. The summed E-state index contributed by atoms with van der Waals surface area (Å²) in [5.41, 5.74) is 3.39. The molecule has 8 heteroatoms. The number of benzene rings is 2. The van der Waals surface area contributed by atoms with Crippen LogP contribution in [0.4, 0.5) is 11.4 Å². The average molecular weight is 395 g/mol. The van der Waals surface area contributed by atoms with Crippen molar-refractivity contribution >= 4 is 34.6 Å². The van der Waals surface area contributed by atoms with Crippen LogP contribution in [0, 0.1) is 24.0 Å². The lowest BCUT2D eigenvalue weighted by atomic mass is 10.1. The first kappa shape index (κ1) is 19.2. The molecule has 1 amide bonds. The van der Waals surface area contributed by atoms with Gasteiger partial charge in [0.25, 0.3) is 11.6 Å². The molecule has 0 aliphatic carbocycles. The van der Waals surface area contributed by atoms with Crippen molar-refractivity contribution in [3.05, 3.63) is 81.6 Å². The van der Waals surface area contributed by atoms with Crippen LogP contribution in [0.1, 0.15) is 21.7 Å². The van der Waals surface area contributed by atoms with E-state index in [1.165, 1.54) is 18.2 Å². The fraction of sp³-hybridized carbons (Fsp3) is 0.100. The lowest BCUT2D eigenvalue weighted by Crippen LogP contribution is -2.34. The molecule has 0 saturated carbocycles. The maximum absolute atomic E-state index is 12.4. The molecule has 0 radical (unpaired) electrons. The van der Waals surface area contributed by atoms with E-state index in [2.05, 4.69) is 10.6 Å². The van der Waals surface area contributed by atoms with E-state index in [0.29, 0.717) is 11.3 Å². The van der Waals surface area contributed by atoms with Gasteiger partial charge in [0.05, 0.1) is 4.92 Å². The quantitative estimate of drug-likeness (QED) is 0.381. The van der Waals surface area contributed by atoms with Gasteiger partial charge in [-0.25, -0.2) is 0 Å². The van der Waals surface area contributed by atoms with Crippen molar-refractivity contribution in [3.63, 3.8) is 0 Å². The second-order valence-electron chi connectivity index (χ2n) is 6.13. The molecule has 28 heavy (non-hydrogen) atoms. The first-order valence-corrected chi connectivity index (χ1v) is 8.79. The summed E-state index contributed by atoms with van der Waals surface area (Å²) in [5, 5.41) is 16.6.